The Kier molecular flexibility index (Phi) is 6.46. The van der Waals surface area contributed by atoms with E-state index in [0.29, 0.717) is 13.2 Å². The van der Waals surface area contributed by atoms with E-state index >= 15 is 0 Å². The Labute approximate surface area is 164 Å². The Morgan fingerprint density at radius 2 is 1.82 bits per heavy atom. The van der Waals surface area contributed by atoms with Crippen molar-refractivity contribution in [2.24, 2.45) is 0 Å². The van der Waals surface area contributed by atoms with Gasteiger partial charge in [0.25, 0.3) is 0 Å². The smallest absolute Gasteiger partial charge is 0.246 e. The zero-order chi connectivity index (χ0) is 19.8. The van der Waals surface area contributed by atoms with Crippen LogP contribution in [0.15, 0.2) is 73.3 Å². The van der Waals surface area contributed by atoms with Crippen LogP contribution < -0.4 is 9.47 Å². The average molecular weight is 377 g/mol. The van der Waals surface area contributed by atoms with Crippen molar-refractivity contribution < 1.29 is 14.3 Å². The summed E-state index contributed by atoms with van der Waals surface area (Å²) in [6.45, 7) is 0.913. The normalized spacial score (nSPS) is 10.8. The number of rotatable bonds is 8. The molecule has 0 atom stereocenters. The monoisotopic (exact) mass is 377 g/mol. The first-order chi connectivity index (χ1) is 13.7. The molecule has 0 bridgehead atoms. The molecule has 0 N–H and O–H groups in total. The van der Waals surface area contributed by atoms with E-state index in [1.165, 1.54) is 0 Å². The molecule has 28 heavy (non-hydrogen) atoms. The van der Waals surface area contributed by atoms with Crippen LogP contribution in [0.5, 0.6) is 11.5 Å². The number of hydrogen-bond donors (Lipinski definition) is 0. The number of carbonyl (C=O) groups excluding carboxylic acids is 1. The summed E-state index contributed by atoms with van der Waals surface area (Å²) in [5.41, 5.74) is 1.98. The van der Waals surface area contributed by atoms with Crippen LogP contribution in [-0.2, 0) is 4.79 Å². The number of amides is 1. The molecule has 0 spiro atoms. The van der Waals surface area contributed by atoms with Gasteiger partial charge in [-0.15, -0.1) is 0 Å². The van der Waals surface area contributed by atoms with E-state index < -0.39 is 0 Å². The topological polar surface area (TPSA) is 56.6 Å². The van der Waals surface area contributed by atoms with Crippen LogP contribution in [0.4, 0.5) is 0 Å². The summed E-state index contributed by atoms with van der Waals surface area (Å²) in [6.07, 6.45) is 8.75. The van der Waals surface area contributed by atoms with Crippen molar-refractivity contribution in [2.45, 2.75) is 0 Å². The van der Waals surface area contributed by atoms with Crippen LogP contribution in [0.25, 0.3) is 11.8 Å². The number of carbonyl (C=O) groups is 1. The number of likely N-dealkylation sites (N-methyl/N-ethyl adjacent to an activating group) is 1. The Morgan fingerprint density at radius 1 is 1.11 bits per heavy atom. The lowest BCUT2D eigenvalue weighted by molar-refractivity contribution is -0.125. The van der Waals surface area contributed by atoms with Crippen molar-refractivity contribution in [1.82, 2.24) is 14.5 Å². The summed E-state index contributed by atoms with van der Waals surface area (Å²) in [5, 5.41) is 0. The Hall–Kier alpha value is -3.54. The molecule has 1 heterocycles. The molecular formula is C22H23N3O3. The van der Waals surface area contributed by atoms with Gasteiger partial charge in [0.15, 0.2) is 0 Å². The summed E-state index contributed by atoms with van der Waals surface area (Å²) < 4.78 is 12.7. The lowest BCUT2D eigenvalue weighted by Crippen LogP contribution is -2.29. The van der Waals surface area contributed by atoms with Crippen molar-refractivity contribution in [2.75, 3.05) is 27.3 Å². The van der Waals surface area contributed by atoms with Crippen LogP contribution in [0.2, 0.25) is 0 Å². The number of imidazole rings is 1. The van der Waals surface area contributed by atoms with Gasteiger partial charge in [-0.2, -0.15) is 0 Å². The van der Waals surface area contributed by atoms with E-state index in [0.717, 1.165) is 22.7 Å². The highest BCUT2D eigenvalue weighted by molar-refractivity contribution is 5.91. The van der Waals surface area contributed by atoms with Crippen LogP contribution in [-0.4, -0.2) is 47.7 Å². The summed E-state index contributed by atoms with van der Waals surface area (Å²) in [6, 6.07) is 15.3. The van der Waals surface area contributed by atoms with E-state index in [1.807, 2.05) is 59.3 Å². The summed E-state index contributed by atoms with van der Waals surface area (Å²) in [7, 11) is 3.38. The van der Waals surface area contributed by atoms with Crippen molar-refractivity contribution in [3.05, 3.63) is 78.9 Å². The first-order valence-electron chi connectivity index (χ1n) is 8.94. The summed E-state index contributed by atoms with van der Waals surface area (Å²) >= 11 is 0. The molecule has 0 saturated heterocycles. The van der Waals surface area contributed by atoms with E-state index in [-0.39, 0.29) is 5.91 Å². The van der Waals surface area contributed by atoms with Gasteiger partial charge in [0.1, 0.15) is 18.1 Å². The first kappa shape index (κ1) is 19.2. The highest BCUT2D eigenvalue weighted by atomic mass is 16.5. The fraction of sp³-hybridized carbons (Fsp3) is 0.182. The first-order valence-corrected chi connectivity index (χ1v) is 8.94. The van der Waals surface area contributed by atoms with Gasteiger partial charge in [-0.05, 0) is 48.0 Å². The van der Waals surface area contributed by atoms with E-state index in [4.69, 9.17) is 9.47 Å². The number of methoxy groups -OCH3 is 1. The van der Waals surface area contributed by atoms with Gasteiger partial charge in [0.05, 0.1) is 20.0 Å². The number of aromatic nitrogens is 2. The molecule has 1 amide bonds. The molecular weight excluding hydrogens is 354 g/mol. The third-order valence-corrected chi connectivity index (χ3v) is 4.25. The third kappa shape index (κ3) is 5.23. The van der Waals surface area contributed by atoms with Crippen molar-refractivity contribution >= 4 is 12.0 Å². The van der Waals surface area contributed by atoms with Gasteiger partial charge in [-0.1, -0.05) is 12.1 Å². The molecule has 3 aromatic rings. The molecule has 0 fully saturated rings. The van der Waals surface area contributed by atoms with Gasteiger partial charge in [-0.25, -0.2) is 4.98 Å². The predicted octanol–water partition coefficient (Wildman–Crippen LogP) is 3.43. The summed E-state index contributed by atoms with van der Waals surface area (Å²) in [4.78, 5) is 17.9. The minimum absolute atomic E-state index is 0.0722. The largest absolute Gasteiger partial charge is 0.497 e. The van der Waals surface area contributed by atoms with Crippen LogP contribution in [0.1, 0.15) is 5.56 Å². The molecule has 2 aromatic carbocycles. The third-order valence-electron chi connectivity index (χ3n) is 4.25. The van der Waals surface area contributed by atoms with E-state index in [2.05, 4.69) is 4.98 Å². The zero-order valence-corrected chi connectivity index (χ0v) is 16.0. The van der Waals surface area contributed by atoms with E-state index in [9.17, 15) is 4.79 Å². The Bertz CT molecular complexity index is 901. The quantitative estimate of drug-likeness (QED) is 0.565. The second kappa shape index (κ2) is 9.41. The average Bonchev–Trinajstić information content (AvgIpc) is 3.27. The number of benzene rings is 2. The maximum absolute atomic E-state index is 12.3. The minimum atomic E-state index is -0.0722. The fourth-order valence-electron chi connectivity index (χ4n) is 2.55. The number of ether oxygens (including phenoxy) is 2. The highest BCUT2D eigenvalue weighted by Crippen LogP contribution is 2.17. The van der Waals surface area contributed by atoms with Crippen LogP contribution in [0, 0.1) is 0 Å². The maximum Gasteiger partial charge on any atom is 0.246 e. The van der Waals surface area contributed by atoms with Gasteiger partial charge >= 0.3 is 0 Å². The standard InChI is InChI=1S/C22H23N3O3/c1-24(15-16-28-21-10-8-20(27-2)9-11-21)22(26)12-5-18-3-6-19(7-4-18)25-14-13-23-17-25/h3-14,17H,15-16H2,1-2H3/b12-5+. The molecule has 0 aliphatic rings. The van der Waals surface area contributed by atoms with Crippen molar-refractivity contribution in [3.63, 3.8) is 0 Å². The second-order valence-corrected chi connectivity index (χ2v) is 6.18. The van der Waals surface area contributed by atoms with Gasteiger partial charge in [0.2, 0.25) is 5.91 Å². The molecule has 6 heteroatoms. The molecule has 0 aliphatic heterocycles. The lowest BCUT2D eigenvalue weighted by Gasteiger charge is -2.15. The molecule has 3 rings (SSSR count). The van der Waals surface area contributed by atoms with Gasteiger partial charge in [0, 0.05) is 31.2 Å². The van der Waals surface area contributed by atoms with Crippen molar-refractivity contribution in [1.29, 1.82) is 0 Å². The molecule has 1 aromatic heterocycles. The molecule has 0 radical (unpaired) electrons. The number of nitrogens with zero attached hydrogens (tertiary/aromatic N) is 3. The SMILES string of the molecule is COc1ccc(OCCN(C)C(=O)/C=C/c2ccc(-n3ccnc3)cc2)cc1. The molecule has 144 valence electrons. The summed E-state index contributed by atoms with van der Waals surface area (Å²) in [5.74, 6) is 1.45. The zero-order valence-electron chi connectivity index (χ0n) is 16.0. The predicted molar refractivity (Wildman–Crippen MR) is 109 cm³/mol. The Balaban J connectivity index is 1.46. The maximum atomic E-state index is 12.3. The van der Waals surface area contributed by atoms with Gasteiger partial charge < -0.3 is 18.9 Å². The minimum Gasteiger partial charge on any atom is -0.497 e. The lowest BCUT2D eigenvalue weighted by atomic mass is 10.2. The van der Waals surface area contributed by atoms with E-state index in [1.54, 1.807) is 43.7 Å². The second-order valence-electron chi connectivity index (χ2n) is 6.18. The molecule has 6 nitrogen and oxygen atoms in total. The van der Waals surface area contributed by atoms with Crippen molar-refractivity contribution in [3.8, 4) is 17.2 Å². The van der Waals surface area contributed by atoms with Crippen LogP contribution in [0.3, 0.4) is 0 Å². The Morgan fingerprint density at radius 3 is 2.46 bits per heavy atom. The molecule has 0 aliphatic carbocycles. The number of hydrogen-bond acceptors (Lipinski definition) is 4. The van der Waals surface area contributed by atoms with Gasteiger partial charge in [-0.3, -0.25) is 4.79 Å². The fourth-order valence-corrected chi connectivity index (χ4v) is 2.55. The van der Waals surface area contributed by atoms with Crippen LogP contribution >= 0.6 is 0 Å². The molecule has 0 unspecified atom stereocenters. The highest BCUT2D eigenvalue weighted by Gasteiger charge is 2.05. The molecule has 0 saturated carbocycles.